The Morgan fingerprint density at radius 1 is 1.27 bits per heavy atom. The van der Waals surface area contributed by atoms with E-state index in [1.54, 1.807) is 0 Å². The maximum atomic E-state index is 5.49. The van der Waals surface area contributed by atoms with E-state index >= 15 is 0 Å². The Hall–Kier alpha value is -1.44. The summed E-state index contributed by atoms with van der Waals surface area (Å²) in [6, 6.07) is 8.33. The van der Waals surface area contributed by atoms with Gasteiger partial charge in [0.1, 0.15) is 5.76 Å². The lowest BCUT2D eigenvalue weighted by molar-refractivity contribution is 0.207. The fourth-order valence-corrected chi connectivity index (χ4v) is 1.40. The zero-order valence-electron chi connectivity index (χ0n) is 9.95. The van der Waals surface area contributed by atoms with Gasteiger partial charge in [0, 0.05) is 18.8 Å². The van der Waals surface area contributed by atoms with E-state index in [0.717, 1.165) is 11.3 Å². The summed E-state index contributed by atoms with van der Waals surface area (Å²) in [6.45, 7) is 6.74. The summed E-state index contributed by atoms with van der Waals surface area (Å²) >= 11 is 0. The smallest absolute Gasteiger partial charge is 0.161 e. The van der Waals surface area contributed by atoms with Crippen LogP contribution in [0.5, 0.6) is 0 Å². The first-order chi connectivity index (χ1) is 7.25. The van der Waals surface area contributed by atoms with Crippen LogP contribution in [0.25, 0.3) is 5.76 Å². The third-order valence-electron chi connectivity index (χ3n) is 2.06. The Bertz CT molecular complexity index is 344. The van der Waals surface area contributed by atoms with E-state index in [1.165, 1.54) is 5.56 Å². The van der Waals surface area contributed by atoms with Crippen LogP contribution in [0.2, 0.25) is 0 Å². The van der Waals surface area contributed by atoms with Crippen LogP contribution in [0.4, 0.5) is 0 Å². The number of rotatable bonds is 1. The highest BCUT2D eigenvalue weighted by Gasteiger charge is 2.10. The zero-order valence-corrected chi connectivity index (χ0v) is 9.95. The normalized spacial score (nSPS) is 13.9. The van der Waals surface area contributed by atoms with Gasteiger partial charge in [0.2, 0.25) is 0 Å². The molecule has 1 aromatic rings. The third-order valence-corrected chi connectivity index (χ3v) is 2.06. The molecule has 0 aliphatic carbocycles. The third kappa shape index (κ3) is 3.01. The van der Waals surface area contributed by atoms with Gasteiger partial charge in [-0.2, -0.15) is 0 Å². The fourth-order valence-electron chi connectivity index (χ4n) is 1.40. The molecule has 0 bridgehead atoms. The molecule has 0 saturated carbocycles. The largest absolute Gasteiger partial charge is 0.471 e. The van der Waals surface area contributed by atoms with Crippen molar-refractivity contribution in [1.29, 1.82) is 0 Å². The number of nitrogens with zero attached hydrogens (tertiary/aromatic N) is 1. The molecule has 1 heterocycles. The molecule has 1 aliphatic rings. The van der Waals surface area contributed by atoms with Crippen LogP contribution in [0.15, 0.2) is 30.5 Å². The molecule has 1 aromatic carbocycles. The zero-order chi connectivity index (χ0) is 11.3. The summed E-state index contributed by atoms with van der Waals surface area (Å²) in [5, 5.41) is 0. The van der Waals surface area contributed by atoms with E-state index in [-0.39, 0.29) is 0 Å². The van der Waals surface area contributed by atoms with Crippen LogP contribution >= 0.6 is 0 Å². The molecule has 82 valence electrons. The lowest BCUT2D eigenvalue weighted by Gasteiger charge is -2.03. The highest BCUT2D eigenvalue weighted by molar-refractivity contribution is 5.61. The second-order valence-electron chi connectivity index (χ2n) is 3.39. The van der Waals surface area contributed by atoms with E-state index in [1.807, 2.05) is 38.1 Å². The molecule has 0 amide bonds. The van der Waals surface area contributed by atoms with Crippen molar-refractivity contribution in [3.05, 3.63) is 41.6 Å². The van der Waals surface area contributed by atoms with Gasteiger partial charge in [0.15, 0.2) is 6.73 Å². The molecule has 0 atom stereocenters. The van der Waals surface area contributed by atoms with Gasteiger partial charge >= 0.3 is 0 Å². The topological polar surface area (TPSA) is 12.5 Å². The number of ether oxygens (including phenoxy) is 1. The highest BCUT2D eigenvalue weighted by atomic mass is 16.5. The first kappa shape index (κ1) is 11.6. The van der Waals surface area contributed by atoms with E-state index in [4.69, 9.17) is 4.74 Å². The van der Waals surface area contributed by atoms with Gasteiger partial charge in [-0.1, -0.05) is 37.6 Å². The molecule has 0 spiro atoms. The average molecular weight is 205 g/mol. The maximum Gasteiger partial charge on any atom is 0.161 e. The van der Waals surface area contributed by atoms with Gasteiger partial charge in [-0.15, -0.1) is 0 Å². The van der Waals surface area contributed by atoms with Gasteiger partial charge in [-0.25, -0.2) is 0 Å². The molecular weight excluding hydrogens is 186 g/mol. The number of benzene rings is 1. The summed E-state index contributed by atoms with van der Waals surface area (Å²) in [7, 11) is 2.00. The van der Waals surface area contributed by atoms with Crippen molar-refractivity contribution < 1.29 is 4.74 Å². The minimum absolute atomic E-state index is 0.656. The summed E-state index contributed by atoms with van der Waals surface area (Å²) in [5.74, 6) is 0.964. The first-order valence-electron chi connectivity index (χ1n) is 5.37. The average Bonchev–Trinajstić information content (AvgIpc) is 2.68. The number of aryl methyl sites for hydroxylation is 1. The maximum absolute atomic E-state index is 5.49. The molecule has 0 saturated heterocycles. The monoisotopic (exact) mass is 205 g/mol. The number of hydrogen-bond acceptors (Lipinski definition) is 2. The van der Waals surface area contributed by atoms with Gasteiger partial charge in [0.05, 0.1) is 0 Å². The Balaban J connectivity index is 0.000000531. The van der Waals surface area contributed by atoms with Crippen LogP contribution in [0.1, 0.15) is 25.0 Å². The molecule has 0 aromatic heterocycles. The summed E-state index contributed by atoms with van der Waals surface area (Å²) in [5.41, 5.74) is 2.42. The van der Waals surface area contributed by atoms with Gasteiger partial charge in [-0.3, -0.25) is 0 Å². The van der Waals surface area contributed by atoms with Crippen LogP contribution in [-0.4, -0.2) is 18.7 Å². The predicted molar refractivity (Wildman–Crippen MR) is 64.2 cm³/mol. The molecule has 0 radical (unpaired) electrons. The van der Waals surface area contributed by atoms with Crippen LogP contribution in [0, 0.1) is 6.92 Å². The quantitative estimate of drug-likeness (QED) is 0.698. The molecule has 2 heteroatoms. The highest BCUT2D eigenvalue weighted by Crippen LogP contribution is 2.21. The van der Waals surface area contributed by atoms with E-state index in [0.29, 0.717) is 6.73 Å². The van der Waals surface area contributed by atoms with Crippen molar-refractivity contribution in [3.8, 4) is 0 Å². The van der Waals surface area contributed by atoms with E-state index in [2.05, 4.69) is 25.1 Å². The lowest BCUT2D eigenvalue weighted by Crippen LogP contribution is -2.06. The Labute approximate surface area is 92.2 Å². The Morgan fingerprint density at radius 3 is 2.53 bits per heavy atom. The van der Waals surface area contributed by atoms with Crippen molar-refractivity contribution >= 4 is 5.76 Å². The van der Waals surface area contributed by atoms with Crippen LogP contribution < -0.4 is 0 Å². The summed E-state index contributed by atoms with van der Waals surface area (Å²) < 4.78 is 5.49. The molecule has 0 N–H and O–H groups in total. The van der Waals surface area contributed by atoms with Crippen molar-refractivity contribution in [2.45, 2.75) is 20.8 Å². The van der Waals surface area contributed by atoms with Gasteiger partial charge < -0.3 is 9.64 Å². The minimum atomic E-state index is 0.656. The minimum Gasteiger partial charge on any atom is -0.471 e. The van der Waals surface area contributed by atoms with Crippen molar-refractivity contribution in [1.82, 2.24) is 4.90 Å². The molecule has 2 nitrogen and oxygen atoms in total. The summed E-state index contributed by atoms with van der Waals surface area (Å²) in [4.78, 5) is 2.03. The van der Waals surface area contributed by atoms with Crippen molar-refractivity contribution in [2.75, 3.05) is 13.8 Å². The Morgan fingerprint density at radius 2 is 2.00 bits per heavy atom. The second kappa shape index (κ2) is 5.44. The van der Waals surface area contributed by atoms with Gasteiger partial charge in [0.25, 0.3) is 0 Å². The molecule has 0 unspecified atom stereocenters. The van der Waals surface area contributed by atoms with Gasteiger partial charge in [-0.05, 0) is 13.0 Å². The Kier molecular flexibility index (Phi) is 4.22. The summed E-state index contributed by atoms with van der Waals surface area (Å²) in [6.07, 6.45) is 2.02. The van der Waals surface area contributed by atoms with Crippen LogP contribution in [0.3, 0.4) is 0 Å². The number of hydrogen-bond donors (Lipinski definition) is 0. The molecule has 0 fully saturated rings. The standard InChI is InChI=1S/C11H13NO.C2H6/c1-9-4-3-5-10(6-9)11-7-12(2)8-13-11;1-2/h3-7H,8H2,1-2H3;1-2H3. The van der Waals surface area contributed by atoms with E-state index in [9.17, 15) is 0 Å². The van der Waals surface area contributed by atoms with Crippen LogP contribution in [-0.2, 0) is 4.74 Å². The molecular formula is C13H19NO. The molecule has 1 aliphatic heterocycles. The second-order valence-corrected chi connectivity index (χ2v) is 3.39. The molecule has 15 heavy (non-hydrogen) atoms. The SMILES string of the molecule is CC.Cc1cccc(C2=CN(C)CO2)c1. The van der Waals surface area contributed by atoms with E-state index < -0.39 is 0 Å². The molecule has 2 rings (SSSR count). The fraction of sp³-hybridized carbons (Fsp3) is 0.385. The predicted octanol–water partition coefficient (Wildman–Crippen LogP) is 3.24. The lowest BCUT2D eigenvalue weighted by atomic mass is 10.1. The van der Waals surface area contributed by atoms with Crippen molar-refractivity contribution in [3.63, 3.8) is 0 Å². The van der Waals surface area contributed by atoms with Crippen molar-refractivity contribution in [2.24, 2.45) is 0 Å². The first-order valence-corrected chi connectivity index (χ1v) is 5.37.